The normalized spacial score (nSPS) is 25.3. The molecule has 0 aliphatic carbocycles. The fraction of sp³-hybridized carbons (Fsp3) is 1.00. The first-order valence-electron chi connectivity index (χ1n) is 5.56. The molecule has 0 bridgehead atoms. The second-order valence-corrected chi connectivity index (χ2v) is 6.71. The molecule has 1 atom stereocenters. The van der Waals surface area contributed by atoms with Gasteiger partial charge < -0.3 is 10.2 Å². The van der Waals surface area contributed by atoms with Crippen molar-refractivity contribution in [2.75, 3.05) is 31.9 Å². The van der Waals surface area contributed by atoms with Gasteiger partial charge in [-0.2, -0.15) is 11.8 Å². The van der Waals surface area contributed by atoms with Crippen molar-refractivity contribution < 1.29 is 0 Å². The first kappa shape index (κ1) is 12.3. The number of nitrogens with one attached hydrogen (secondary N) is 1. The maximum Gasteiger partial charge on any atom is 0.0147 e. The molecule has 14 heavy (non-hydrogen) atoms. The van der Waals surface area contributed by atoms with Crippen LogP contribution in [-0.4, -0.2) is 47.6 Å². The van der Waals surface area contributed by atoms with Gasteiger partial charge in [-0.3, -0.25) is 0 Å². The summed E-state index contributed by atoms with van der Waals surface area (Å²) in [4.78, 5) is 2.57. The van der Waals surface area contributed by atoms with Crippen molar-refractivity contribution in [2.45, 2.75) is 38.5 Å². The standard InChI is InChI=1S/C11H24N2S/c1-10-9-13(7-8-14-10)6-5-12-11(2,3)4/h10,12H,5-9H2,1-4H3. The molecule has 0 radical (unpaired) electrons. The lowest BCUT2D eigenvalue weighted by atomic mass is 10.1. The highest BCUT2D eigenvalue weighted by Crippen LogP contribution is 2.17. The molecule has 1 unspecified atom stereocenters. The van der Waals surface area contributed by atoms with Gasteiger partial charge >= 0.3 is 0 Å². The van der Waals surface area contributed by atoms with Gasteiger partial charge in [0.2, 0.25) is 0 Å². The molecule has 1 N–H and O–H groups in total. The van der Waals surface area contributed by atoms with Gasteiger partial charge in [0.1, 0.15) is 0 Å². The molecular weight excluding hydrogens is 192 g/mol. The number of nitrogens with zero attached hydrogens (tertiary/aromatic N) is 1. The Bertz CT molecular complexity index is 165. The average molecular weight is 216 g/mol. The Labute approximate surface area is 92.8 Å². The van der Waals surface area contributed by atoms with Crippen LogP contribution in [0.1, 0.15) is 27.7 Å². The van der Waals surface area contributed by atoms with Crippen LogP contribution in [0.25, 0.3) is 0 Å². The number of hydrogen-bond donors (Lipinski definition) is 1. The van der Waals surface area contributed by atoms with Gasteiger partial charge in [0.25, 0.3) is 0 Å². The molecule has 0 aromatic rings. The summed E-state index contributed by atoms with van der Waals surface area (Å²) < 4.78 is 0. The fourth-order valence-electron chi connectivity index (χ4n) is 1.68. The summed E-state index contributed by atoms with van der Waals surface area (Å²) >= 11 is 2.10. The molecule has 84 valence electrons. The van der Waals surface area contributed by atoms with Crippen LogP contribution in [0.4, 0.5) is 0 Å². The van der Waals surface area contributed by atoms with E-state index in [9.17, 15) is 0 Å². The molecule has 0 aromatic carbocycles. The maximum absolute atomic E-state index is 3.54. The fourth-order valence-corrected chi connectivity index (χ4v) is 2.76. The van der Waals surface area contributed by atoms with Crippen LogP contribution < -0.4 is 5.32 Å². The zero-order valence-corrected chi connectivity index (χ0v) is 10.8. The van der Waals surface area contributed by atoms with E-state index in [2.05, 4.69) is 49.7 Å². The smallest absolute Gasteiger partial charge is 0.0147 e. The van der Waals surface area contributed by atoms with Crippen molar-refractivity contribution in [3.63, 3.8) is 0 Å². The van der Waals surface area contributed by atoms with E-state index >= 15 is 0 Å². The Morgan fingerprint density at radius 3 is 2.71 bits per heavy atom. The molecule has 0 amide bonds. The van der Waals surface area contributed by atoms with Gasteiger partial charge in [-0.15, -0.1) is 0 Å². The third kappa shape index (κ3) is 5.23. The van der Waals surface area contributed by atoms with Crippen molar-refractivity contribution in [1.29, 1.82) is 0 Å². The van der Waals surface area contributed by atoms with E-state index in [0.717, 1.165) is 11.8 Å². The lowest BCUT2D eigenvalue weighted by molar-refractivity contribution is 0.272. The number of rotatable bonds is 3. The van der Waals surface area contributed by atoms with E-state index in [0.29, 0.717) is 0 Å². The molecule has 1 heterocycles. The first-order chi connectivity index (χ1) is 6.47. The number of hydrogen-bond acceptors (Lipinski definition) is 3. The zero-order chi connectivity index (χ0) is 10.6. The molecule has 0 saturated carbocycles. The van der Waals surface area contributed by atoms with Crippen molar-refractivity contribution in [2.24, 2.45) is 0 Å². The molecule has 3 heteroatoms. The van der Waals surface area contributed by atoms with Crippen LogP contribution in [0.15, 0.2) is 0 Å². The summed E-state index contributed by atoms with van der Waals surface area (Å²) in [6, 6.07) is 0. The Balaban J connectivity index is 2.12. The molecule has 1 fully saturated rings. The van der Waals surface area contributed by atoms with Crippen LogP contribution in [-0.2, 0) is 0 Å². The van der Waals surface area contributed by atoms with Crippen molar-refractivity contribution in [1.82, 2.24) is 10.2 Å². The van der Waals surface area contributed by atoms with Crippen molar-refractivity contribution >= 4 is 11.8 Å². The van der Waals surface area contributed by atoms with E-state index in [4.69, 9.17) is 0 Å². The van der Waals surface area contributed by atoms with Crippen LogP contribution in [0.2, 0.25) is 0 Å². The Morgan fingerprint density at radius 1 is 1.43 bits per heavy atom. The molecular formula is C11H24N2S. The molecule has 0 spiro atoms. The SMILES string of the molecule is CC1CN(CCNC(C)(C)C)CCS1. The summed E-state index contributed by atoms with van der Waals surface area (Å²) in [5.74, 6) is 1.30. The molecule has 1 saturated heterocycles. The van der Waals surface area contributed by atoms with Crippen molar-refractivity contribution in [3.05, 3.63) is 0 Å². The van der Waals surface area contributed by atoms with Gasteiger partial charge in [0.05, 0.1) is 0 Å². The summed E-state index contributed by atoms with van der Waals surface area (Å²) in [5, 5.41) is 4.35. The Morgan fingerprint density at radius 2 is 2.14 bits per heavy atom. The van der Waals surface area contributed by atoms with E-state index in [1.165, 1.54) is 25.4 Å². The van der Waals surface area contributed by atoms with Crippen LogP contribution in [0.3, 0.4) is 0 Å². The van der Waals surface area contributed by atoms with E-state index in [1.807, 2.05) is 0 Å². The lowest BCUT2D eigenvalue weighted by Crippen LogP contribution is -2.44. The minimum absolute atomic E-state index is 0.260. The van der Waals surface area contributed by atoms with Crippen molar-refractivity contribution in [3.8, 4) is 0 Å². The van der Waals surface area contributed by atoms with Gasteiger partial charge in [-0.05, 0) is 20.8 Å². The summed E-state index contributed by atoms with van der Waals surface area (Å²) in [7, 11) is 0. The maximum atomic E-state index is 3.54. The quantitative estimate of drug-likeness (QED) is 0.774. The highest BCUT2D eigenvalue weighted by molar-refractivity contribution is 7.99. The zero-order valence-electron chi connectivity index (χ0n) is 9.97. The topological polar surface area (TPSA) is 15.3 Å². The Kier molecular flexibility index (Phi) is 4.74. The molecule has 1 aliphatic heterocycles. The lowest BCUT2D eigenvalue weighted by Gasteiger charge is -2.31. The van der Waals surface area contributed by atoms with Gasteiger partial charge in [-0.25, -0.2) is 0 Å². The predicted molar refractivity (Wildman–Crippen MR) is 66.1 cm³/mol. The second kappa shape index (κ2) is 5.38. The van der Waals surface area contributed by atoms with Crippen LogP contribution in [0.5, 0.6) is 0 Å². The van der Waals surface area contributed by atoms with Gasteiger partial charge in [0, 0.05) is 42.7 Å². The predicted octanol–water partition coefficient (Wildman–Crippen LogP) is 1.81. The molecule has 0 aromatic heterocycles. The largest absolute Gasteiger partial charge is 0.311 e. The Hall–Kier alpha value is 0.270. The summed E-state index contributed by atoms with van der Waals surface area (Å²) in [6.07, 6.45) is 0. The summed E-state index contributed by atoms with van der Waals surface area (Å²) in [6.45, 7) is 13.8. The van der Waals surface area contributed by atoms with Crippen LogP contribution >= 0.6 is 11.8 Å². The van der Waals surface area contributed by atoms with E-state index in [-0.39, 0.29) is 5.54 Å². The number of thioether (sulfide) groups is 1. The van der Waals surface area contributed by atoms with Gasteiger partial charge in [-0.1, -0.05) is 6.92 Å². The van der Waals surface area contributed by atoms with E-state index < -0.39 is 0 Å². The third-order valence-corrected chi connectivity index (χ3v) is 3.54. The highest BCUT2D eigenvalue weighted by atomic mass is 32.2. The average Bonchev–Trinajstić information content (AvgIpc) is 2.01. The van der Waals surface area contributed by atoms with Gasteiger partial charge in [0.15, 0.2) is 0 Å². The molecule has 1 rings (SSSR count). The minimum atomic E-state index is 0.260. The monoisotopic (exact) mass is 216 g/mol. The van der Waals surface area contributed by atoms with E-state index in [1.54, 1.807) is 0 Å². The molecule has 1 aliphatic rings. The third-order valence-electron chi connectivity index (χ3n) is 2.41. The second-order valence-electron chi connectivity index (χ2n) is 5.16. The van der Waals surface area contributed by atoms with Crippen LogP contribution in [0, 0.1) is 0 Å². The minimum Gasteiger partial charge on any atom is -0.311 e. The summed E-state index contributed by atoms with van der Waals surface area (Å²) in [5.41, 5.74) is 0.260. The highest BCUT2D eigenvalue weighted by Gasteiger charge is 2.16. The first-order valence-corrected chi connectivity index (χ1v) is 6.61. The molecule has 2 nitrogen and oxygen atoms in total.